The fourth-order valence-corrected chi connectivity index (χ4v) is 2.34. The summed E-state index contributed by atoms with van der Waals surface area (Å²) >= 11 is 0. The third kappa shape index (κ3) is 2.91. The molecule has 1 saturated heterocycles. The quantitative estimate of drug-likeness (QED) is 0.708. The topological polar surface area (TPSA) is 58.9 Å². The number of hydrogen-bond acceptors (Lipinski definition) is 4. The van der Waals surface area contributed by atoms with Crippen LogP contribution in [-0.2, 0) is 9.47 Å². The summed E-state index contributed by atoms with van der Waals surface area (Å²) in [5.74, 6) is 0.343. The van der Waals surface area contributed by atoms with Crippen molar-refractivity contribution in [1.82, 2.24) is 0 Å². The van der Waals surface area contributed by atoms with Gasteiger partial charge in [0.25, 0.3) is 0 Å². The van der Waals surface area contributed by atoms with E-state index in [2.05, 4.69) is 13.8 Å². The van der Waals surface area contributed by atoms with E-state index in [-0.39, 0.29) is 24.9 Å². The molecule has 4 heteroatoms. The maximum atomic E-state index is 9.39. The highest BCUT2D eigenvalue weighted by molar-refractivity contribution is 4.89. The molecule has 1 fully saturated rings. The fraction of sp³-hybridized carbons (Fsp3) is 1.00. The minimum Gasteiger partial charge on any atom is -0.394 e. The normalized spacial score (nSPS) is 38.2. The Kier molecular flexibility index (Phi) is 4.99. The third-order valence-electron chi connectivity index (χ3n) is 3.21. The van der Waals surface area contributed by atoms with E-state index in [1.165, 1.54) is 0 Å². The van der Waals surface area contributed by atoms with Gasteiger partial charge in [0.2, 0.25) is 0 Å². The molecule has 90 valence electrons. The molecule has 0 aromatic carbocycles. The lowest BCUT2D eigenvalue weighted by Crippen LogP contribution is -2.32. The summed E-state index contributed by atoms with van der Waals surface area (Å²) in [7, 11) is 1.67. The number of methoxy groups -OCH3 is 1. The molecular formula is C11H22O4. The lowest BCUT2D eigenvalue weighted by molar-refractivity contribution is -0.0404. The first kappa shape index (κ1) is 12.9. The van der Waals surface area contributed by atoms with Crippen molar-refractivity contribution in [3.8, 4) is 0 Å². The maximum Gasteiger partial charge on any atom is 0.0884 e. The first-order chi connectivity index (χ1) is 7.13. The number of ether oxygens (including phenoxy) is 2. The summed E-state index contributed by atoms with van der Waals surface area (Å²) in [5, 5.41) is 18.2. The van der Waals surface area contributed by atoms with Gasteiger partial charge in [0.15, 0.2) is 0 Å². The third-order valence-corrected chi connectivity index (χ3v) is 3.21. The van der Waals surface area contributed by atoms with Crippen molar-refractivity contribution in [2.24, 2.45) is 5.92 Å². The highest BCUT2D eigenvalue weighted by atomic mass is 16.6. The van der Waals surface area contributed by atoms with Crippen molar-refractivity contribution in [3.63, 3.8) is 0 Å². The molecule has 0 bridgehead atoms. The lowest BCUT2D eigenvalue weighted by atomic mass is 9.95. The first-order valence-electron chi connectivity index (χ1n) is 5.61. The maximum absolute atomic E-state index is 9.39. The zero-order valence-electron chi connectivity index (χ0n) is 9.72. The Morgan fingerprint density at radius 1 is 1.40 bits per heavy atom. The van der Waals surface area contributed by atoms with Crippen molar-refractivity contribution in [2.45, 2.75) is 51.1 Å². The van der Waals surface area contributed by atoms with Crippen molar-refractivity contribution < 1.29 is 19.7 Å². The van der Waals surface area contributed by atoms with Crippen molar-refractivity contribution in [1.29, 1.82) is 0 Å². The molecule has 2 N–H and O–H groups in total. The second-order valence-electron chi connectivity index (χ2n) is 4.25. The number of rotatable bonds is 5. The molecule has 1 rings (SSSR count). The summed E-state index contributed by atoms with van der Waals surface area (Å²) in [6.07, 6.45) is 0.803. The van der Waals surface area contributed by atoms with E-state index in [1.54, 1.807) is 7.11 Å². The molecule has 0 amide bonds. The van der Waals surface area contributed by atoms with Crippen molar-refractivity contribution in [3.05, 3.63) is 0 Å². The minimum atomic E-state index is -0.713. The Hall–Kier alpha value is -0.160. The average molecular weight is 218 g/mol. The second kappa shape index (κ2) is 5.80. The van der Waals surface area contributed by atoms with Gasteiger partial charge >= 0.3 is 0 Å². The Morgan fingerprint density at radius 3 is 2.53 bits per heavy atom. The Labute approximate surface area is 91.2 Å². The molecule has 0 aromatic heterocycles. The Balaban J connectivity index is 2.56. The summed E-state index contributed by atoms with van der Waals surface area (Å²) in [4.78, 5) is 0. The van der Waals surface area contributed by atoms with E-state index in [4.69, 9.17) is 14.6 Å². The van der Waals surface area contributed by atoms with Gasteiger partial charge in [0.05, 0.1) is 31.0 Å². The zero-order chi connectivity index (χ0) is 11.4. The molecule has 0 aromatic rings. The van der Waals surface area contributed by atoms with Gasteiger partial charge in [-0.1, -0.05) is 13.8 Å². The van der Waals surface area contributed by atoms with Crippen LogP contribution in [0.25, 0.3) is 0 Å². The molecule has 5 unspecified atom stereocenters. The van der Waals surface area contributed by atoms with Gasteiger partial charge in [0, 0.05) is 19.4 Å². The fourth-order valence-electron chi connectivity index (χ4n) is 2.34. The lowest BCUT2D eigenvalue weighted by Gasteiger charge is -2.20. The van der Waals surface area contributed by atoms with E-state index >= 15 is 0 Å². The smallest absolute Gasteiger partial charge is 0.0884 e. The summed E-state index contributed by atoms with van der Waals surface area (Å²) < 4.78 is 11.2. The Morgan fingerprint density at radius 2 is 2.07 bits per heavy atom. The zero-order valence-corrected chi connectivity index (χ0v) is 9.72. The van der Waals surface area contributed by atoms with Crippen LogP contribution < -0.4 is 0 Å². The highest BCUT2D eigenvalue weighted by Crippen LogP contribution is 2.32. The highest BCUT2D eigenvalue weighted by Gasteiger charge is 2.41. The van der Waals surface area contributed by atoms with Gasteiger partial charge in [-0.25, -0.2) is 0 Å². The number of aliphatic hydroxyl groups excluding tert-OH is 2. The minimum absolute atomic E-state index is 0.0242. The van der Waals surface area contributed by atoms with E-state index in [1.807, 2.05) is 0 Å². The van der Waals surface area contributed by atoms with Gasteiger partial charge in [-0.05, 0) is 6.42 Å². The SMILES string of the molecule is CCC1OC(CC(O)CO)C(OC)C1C. The van der Waals surface area contributed by atoms with Gasteiger partial charge in [0.1, 0.15) is 0 Å². The van der Waals surface area contributed by atoms with Crippen LogP contribution in [0.1, 0.15) is 26.7 Å². The molecule has 0 radical (unpaired) electrons. The van der Waals surface area contributed by atoms with Gasteiger partial charge < -0.3 is 19.7 Å². The van der Waals surface area contributed by atoms with E-state index in [0.717, 1.165) is 6.42 Å². The molecule has 5 atom stereocenters. The summed E-state index contributed by atoms with van der Waals surface area (Å²) in [6.45, 7) is 3.97. The monoisotopic (exact) mass is 218 g/mol. The number of hydrogen-bond donors (Lipinski definition) is 2. The van der Waals surface area contributed by atoms with E-state index in [0.29, 0.717) is 12.3 Å². The van der Waals surface area contributed by atoms with Crippen molar-refractivity contribution >= 4 is 0 Å². The van der Waals surface area contributed by atoms with Crippen LogP contribution >= 0.6 is 0 Å². The largest absolute Gasteiger partial charge is 0.394 e. The molecule has 15 heavy (non-hydrogen) atoms. The van der Waals surface area contributed by atoms with Crippen LogP contribution in [-0.4, -0.2) is 48.3 Å². The first-order valence-corrected chi connectivity index (χ1v) is 5.61. The van der Waals surface area contributed by atoms with Crippen LogP contribution in [0.2, 0.25) is 0 Å². The van der Waals surface area contributed by atoms with Gasteiger partial charge in [-0.2, -0.15) is 0 Å². The van der Waals surface area contributed by atoms with Crippen LogP contribution in [0.4, 0.5) is 0 Å². The number of aliphatic hydroxyl groups is 2. The predicted molar refractivity (Wildman–Crippen MR) is 56.6 cm³/mol. The molecule has 0 spiro atoms. The summed E-state index contributed by atoms with van der Waals surface area (Å²) in [6, 6.07) is 0. The molecule has 4 nitrogen and oxygen atoms in total. The van der Waals surface area contributed by atoms with Crippen LogP contribution in [0.15, 0.2) is 0 Å². The van der Waals surface area contributed by atoms with Crippen LogP contribution in [0.3, 0.4) is 0 Å². The average Bonchev–Trinajstić information content (AvgIpc) is 2.54. The molecule has 0 aliphatic carbocycles. The van der Waals surface area contributed by atoms with Crippen molar-refractivity contribution in [2.75, 3.05) is 13.7 Å². The predicted octanol–water partition coefficient (Wildman–Crippen LogP) is 0.558. The molecule has 0 saturated carbocycles. The van der Waals surface area contributed by atoms with E-state index < -0.39 is 6.10 Å². The van der Waals surface area contributed by atoms with E-state index in [9.17, 15) is 5.11 Å². The van der Waals surface area contributed by atoms with Crippen LogP contribution in [0.5, 0.6) is 0 Å². The Bertz CT molecular complexity index is 183. The van der Waals surface area contributed by atoms with Gasteiger partial charge in [-0.3, -0.25) is 0 Å². The standard InChI is InChI=1S/C11H22O4/c1-4-9-7(2)11(14-3)10(15-9)5-8(13)6-12/h7-13H,4-6H2,1-3H3. The van der Waals surface area contributed by atoms with Gasteiger partial charge in [-0.15, -0.1) is 0 Å². The summed E-state index contributed by atoms with van der Waals surface area (Å²) in [5.41, 5.74) is 0. The molecule has 1 heterocycles. The molecular weight excluding hydrogens is 196 g/mol. The molecule has 1 aliphatic heterocycles. The molecule has 1 aliphatic rings. The second-order valence-corrected chi connectivity index (χ2v) is 4.25. The van der Waals surface area contributed by atoms with Crippen LogP contribution in [0, 0.1) is 5.92 Å².